The Kier molecular flexibility index (Phi) is 3.90. The highest BCUT2D eigenvalue weighted by Gasteiger charge is 2.12. The summed E-state index contributed by atoms with van der Waals surface area (Å²) in [6.45, 7) is 3.18. The number of Topliss-reactive ketones (excluding diaryl/α,β-unsaturated/α-hetero) is 1. The third-order valence-corrected chi connectivity index (χ3v) is 3.16. The molecule has 3 nitrogen and oxygen atoms in total. The third kappa shape index (κ3) is 2.96. The molecule has 0 aliphatic rings. The topological polar surface area (TPSA) is 42.9 Å². The van der Waals surface area contributed by atoms with Crippen molar-refractivity contribution in [3.05, 3.63) is 57.9 Å². The quantitative estimate of drug-likeness (QED) is 0.809. The smallest absolute Gasteiger partial charge is 0.163 e. The Morgan fingerprint density at radius 3 is 2.74 bits per heavy atom. The van der Waals surface area contributed by atoms with E-state index in [-0.39, 0.29) is 18.0 Å². The van der Waals surface area contributed by atoms with Crippen molar-refractivity contribution in [2.75, 3.05) is 0 Å². The lowest BCUT2D eigenvalue weighted by Crippen LogP contribution is -2.06. The zero-order valence-corrected chi connectivity index (χ0v) is 11.3. The van der Waals surface area contributed by atoms with Gasteiger partial charge < -0.3 is 0 Å². The molecular formula is C14H12ClFN2O. The molecule has 0 fully saturated rings. The van der Waals surface area contributed by atoms with Crippen molar-refractivity contribution < 1.29 is 9.18 Å². The average Bonchev–Trinajstić information content (AvgIpc) is 2.33. The number of carbonyl (C=O) groups excluding carboxylic acids is 1. The zero-order chi connectivity index (χ0) is 14.0. The molecule has 1 heterocycles. The van der Waals surface area contributed by atoms with E-state index in [1.54, 1.807) is 19.1 Å². The number of carbonyl (C=O) groups is 1. The first kappa shape index (κ1) is 13.6. The van der Waals surface area contributed by atoms with E-state index in [0.717, 1.165) is 0 Å². The molecule has 0 bridgehead atoms. The van der Waals surface area contributed by atoms with Gasteiger partial charge in [-0.2, -0.15) is 0 Å². The van der Waals surface area contributed by atoms with Gasteiger partial charge in [0.05, 0.1) is 11.3 Å². The van der Waals surface area contributed by atoms with Crippen LogP contribution in [0.3, 0.4) is 0 Å². The van der Waals surface area contributed by atoms with Gasteiger partial charge >= 0.3 is 0 Å². The lowest BCUT2D eigenvalue weighted by molar-refractivity contribution is 0.101. The maximum atomic E-state index is 13.7. The van der Waals surface area contributed by atoms with Crippen LogP contribution in [0.1, 0.15) is 34.4 Å². The molecule has 1 aromatic heterocycles. The van der Waals surface area contributed by atoms with Crippen molar-refractivity contribution in [3.8, 4) is 0 Å². The van der Waals surface area contributed by atoms with E-state index in [2.05, 4.69) is 9.97 Å². The molecule has 0 unspecified atom stereocenters. The summed E-state index contributed by atoms with van der Waals surface area (Å²) in [5.74, 6) is -0.0353. The van der Waals surface area contributed by atoms with Crippen molar-refractivity contribution in [1.29, 1.82) is 0 Å². The fourth-order valence-corrected chi connectivity index (χ4v) is 2.04. The fraction of sp³-hybridized carbons (Fsp3) is 0.214. The van der Waals surface area contributed by atoms with Crippen LogP contribution in [0.5, 0.6) is 0 Å². The van der Waals surface area contributed by atoms with Crippen LogP contribution in [-0.2, 0) is 6.42 Å². The summed E-state index contributed by atoms with van der Waals surface area (Å²) in [5.41, 5.74) is 1.42. The monoisotopic (exact) mass is 278 g/mol. The number of aromatic nitrogens is 2. The van der Waals surface area contributed by atoms with Gasteiger partial charge in [-0.25, -0.2) is 14.4 Å². The van der Waals surface area contributed by atoms with Crippen LogP contribution in [0.2, 0.25) is 5.02 Å². The molecular weight excluding hydrogens is 267 g/mol. The van der Waals surface area contributed by atoms with Gasteiger partial charge in [-0.1, -0.05) is 17.7 Å². The summed E-state index contributed by atoms with van der Waals surface area (Å²) >= 11 is 5.95. The van der Waals surface area contributed by atoms with E-state index in [1.165, 1.54) is 19.2 Å². The standard InChI is InChI=1S/C14H12ClFN2O/c1-8-11(9(2)19)7-17-14(18-8)6-10-12(15)4-3-5-13(10)16/h3-5,7H,6H2,1-2H3. The van der Waals surface area contributed by atoms with Crippen molar-refractivity contribution >= 4 is 17.4 Å². The predicted octanol–water partition coefficient (Wildman–Crippen LogP) is 3.37. The number of rotatable bonds is 3. The minimum atomic E-state index is -0.385. The molecule has 0 aliphatic carbocycles. The van der Waals surface area contributed by atoms with Crippen LogP contribution < -0.4 is 0 Å². The molecule has 0 N–H and O–H groups in total. The van der Waals surface area contributed by atoms with E-state index >= 15 is 0 Å². The van der Waals surface area contributed by atoms with Gasteiger partial charge in [0.2, 0.25) is 0 Å². The normalized spacial score (nSPS) is 10.5. The van der Waals surface area contributed by atoms with Gasteiger partial charge in [0, 0.05) is 23.2 Å². The zero-order valence-electron chi connectivity index (χ0n) is 10.6. The van der Waals surface area contributed by atoms with Crippen LogP contribution in [0.15, 0.2) is 24.4 Å². The summed E-state index contributed by atoms with van der Waals surface area (Å²) < 4.78 is 13.7. The van der Waals surface area contributed by atoms with Gasteiger partial charge in [0.15, 0.2) is 5.78 Å². The van der Waals surface area contributed by atoms with Crippen molar-refractivity contribution in [2.45, 2.75) is 20.3 Å². The van der Waals surface area contributed by atoms with E-state index in [0.29, 0.717) is 27.7 Å². The molecule has 2 rings (SSSR count). The van der Waals surface area contributed by atoms with Crippen LogP contribution in [-0.4, -0.2) is 15.8 Å². The number of nitrogens with zero attached hydrogens (tertiary/aromatic N) is 2. The Bertz CT molecular complexity index is 623. The molecule has 0 saturated heterocycles. The lowest BCUT2D eigenvalue weighted by atomic mass is 10.1. The van der Waals surface area contributed by atoms with Gasteiger partial charge in [0.1, 0.15) is 11.6 Å². The Morgan fingerprint density at radius 2 is 2.16 bits per heavy atom. The summed E-state index contributed by atoms with van der Waals surface area (Å²) in [5, 5.41) is 0.344. The number of aryl methyl sites for hydroxylation is 1. The predicted molar refractivity (Wildman–Crippen MR) is 71.0 cm³/mol. The second kappa shape index (κ2) is 5.45. The Balaban J connectivity index is 2.34. The summed E-state index contributed by atoms with van der Waals surface area (Å²) in [4.78, 5) is 19.6. The minimum Gasteiger partial charge on any atom is -0.294 e. The second-order valence-corrected chi connectivity index (χ2v) is 4.63. The second-order valence-electron chi connectivity index (χ2n) is 4.22. The Morgan fingerprint density at radius 1 is 1.42 bits per heavy atom. The number of hydrogen-bond donors (Lipinski definition) is 0. The van der Waals surface area contributed by atoms with Gasteiger partial charge in [-0.05, 0) is 26.0 Å². The third-order valence-electron chi connectivity index (χ3n) is 2.81. The first-order chi connectivity index (χ1) is 8.99. The van der Waals surface area contributed by atoms with Crippen LogP contribution >= 0.6 is 11.6 Å². The molecule has 0 aliphatic heterocycles. The highest BCUT2D eigenvalue weighted by molar-refractivity contribution is 6.31. The summed E-state index contributed by atoms with van der Waals surface area (Å²) in [6.07, 6.45) is 1.67. The Labute approximate surface area is 115 Å². The van der Waals surface area contributed by atoms with E-state index in [9.17, 15) is 9.18 Å². The fourth-order valence-electron chi connectivity index (χ4n) is 1.81. The summed E-state index contributed by atoms with van der Waals surface area (Å²) in [6, 6.07) is 4.51. The van der Waals surface area contributed by atoms with Crippen LogP contribution in [0.4, 0.5) is 4.39 Å². The molecule has 19 heavy (non-hydrogen) atoms. The maximum absolute atomic E-state index is 13.7. The first-order valence-corrected chi connectivity index (χ1v) is 6.13. The van der Waals surface area contributed by atoms with Gasteiger partial charge in [-0.15, -0.1) is 0 Å². The van der Waals surface area contributed by atoms with Crippen LogP contribution in [0.25, 0.3) is 0 Å². The molecule has 0 spiro atoms. The number of halogens is 2. The van der Waals surface area contributed by atoms with E-state index in [1.807, 2.05) is 0 Å². The minimum absolute atomic E-state index is 0.0898. The highest BCUT2D eigenvalue weighted by Crippen LogP contribution is 2.21. The van der Waals surface area contributed by atoms with Crippen molar-refractivity contribution in [1.82, 2.24) is 9.97 Å². The molecule has 5 heteroatoms. The average molecular weight is 279 g/mol. The molecule has 1 aromatic carbocycles. The molecule has 0 amide bonds. The van der Waals surface area contributed by atoms with E-state index in [4.69, 9.17) is 11.6 Å². The largest absolute Gasteiger partial charge is 0.294 e. The molecule has 98 valence electrons. The molecule has 0 atom stereocenters. The summed E-state index contributed by atoms with van der Waals surface area (Å²) in [7, 11) is 0. The highest BCUT2D eigenvalue weighted by atomic mass is 35.5. The van der Waals surface area contributed by atoms with Gasteiger partial charge in [0.25, 0.3) is 0 Å². The number of hydrogen-bond acceptors (Lipinski definition) is 3. The van der Waals surface area contributed by atoms with Crippen molar-refractivity contribution in [3.63, 3.8) is 0 Å². The SMILES string of the molecule is CC(=O)c1cnc(Cc2c(F)cccc2Cl)nc1C. The maximum Gasteiger partial charge on any atom is 0.163 e. The first-order valence-electron chi connectivity index (χ1n) is 5.75. The lowest BCUT2D eigenvalue weighted by Gasteiger charge is -2.07. The number of ketones is 1. The molecule has 2 aromatic rings. The molecule has 0 saturated carbocycles. The Hall–Kier alpha value is -1.81. The van der Waals surface area contributed by atoms with Gasteiger partial charge in [-0.3, -0.25) is 4.79 Å². The molecule has 0 radical (unpaired) electrons. The van der Waals surface area contributed by atoms with Crippen molar-refractivity contribution in [2.24, 2.45) is 0 Å². The van der Waals surface area contributed by atoms with E-state index < -0.39 is 0 Å². The van der Waals surface area contributed by atoms with Crippen LogP contribution in [0, 0.1) is 12.7 Å². The number of benzene rings is 1.